The number of nitrogens with one attached hydrogen (secondary N) is 2. The fourth-order valence-electron chi connectivity index (χ4n) is 3.70. The highest BCUT2D eigenvalue weighted by atomic mass is 35.5. The first-order valence-electron chi connectivity index (χ1n) is 10.7. The average molecular weight is 514 g/mol. The number of halogens is 1. The summed E-state index contributed by atoms with van der Waals surface area (Å²) in [6, 6.07) is 18.2. The SMILES string of the molecule is CC1(C)Cc2cc(NC(=O)N/N=C(\c3ccc(Cl)cc3)c3ccc(OS(C)(=O)=O)cc3)ccc2O1. The van der Waals surface area contributed by atoms with E-state index >= 15 is 0 Å². The van der Waals surface area contributed by atoms with Gasteiger partial charge in [0, 0.05) is 33.8 Å². The van der Waals surface area contributed by atoms with E-state index in [-0.39, 0.29) is 11.4 Å². The molecule has 0 saturated carbocycles. The van der Waals surface area contributed by atoms with Crippen LogP contribution in [0.4, 0.5) is 10.5 Å². The van der Waals surface area contributed by atoms with Crippen molar-refractivity contribution in [2.45, 2.75) is 25.9 Å². The highest BCUT2D eigenvalue weighted by molar-refractivity contribution is 7.86. The molecule has 8 nitrogen and oxygen atoms in total. The number of benzene rings is 3. The first-order valence-corrected chi connectivity index (χ1v) is 12.9. The van der Waals surface area contributed by atoms with Crippen LogP contribution >= 0.6 is 11.6 Å². The molecule has 0 unspecified atom stereocenters. The molecule has 0 atom stereocenters. The molecule has 10 heteroatoms. The van der Waals surface area contributed by atoms with Crippen LogP contribution in [0.1, 0.15) is 30.5 Å². The predicted octanol–water partition coefficient (Wildman–Crippen LogP) is 4.97. The summed E-state index contributed by atoms with van der Waals surface area (Å²) < 4.78 is 33.5. The summed E-state index contributed by atoms with van der Waals surface area (Å²) in [7, 11) is -3.65. The van der Waals surface area contributed by atoms with Gasteiger partial charge in [0.25, 0.3) is 0 Å². The molecule has 0 radical (unpaired) electrons. The molecule has 0 aromatic heterocycles. The molecule has 3 aromatic carbocycles. The van der Waals surface area contributed by atoms with Crippen LogP contribution in [-0.4, -0.2) is 32.0 Å². The van der Waals surface area contributed by atoms with Gasteiger partial charge in [-0.1, -0.05) is 23.7 Å². The first kappa shape index (κ1) is 24.6. The summed E-state index contributed by atoms with van der Waals surface area (Å²) in [6.45, 7) is 4.03. The number of rotatable bonds is 6. The second-order valence-electron chi connectivity index (χ2n) is 8.71. The van der Waals surface area contributed by atoms with Gasteiger partial charge in [0.1, 0.15) is 17.1 Å². The molecule has 0 aliphatic carbocycles. The van der Waals surface area contributed by atoms with Crippen molar-refractivity contribution in [2.75, 3.05) is 11.6 Å². The largest absolute Gasteiger partial charge is 0.487 e. The molecule has 2 N–H and O–H groups in total. The van der Waals surface area contributed by atoms with Gasteiger partial charge in [-0.05, 0) is 68.4 Å². The molecule has 35 heavy (non-hydrogen) atoms. The number of carbonyl (C=O) groups excluding carboxylic acids is 1. The second kappa shape index (κ2) is 9.59. The van der Waals surface area contributed by atoms with Crippen LogP contribution in [0.15, 0.2) is 71.8 Å². The number of hydrogen-bond donors (Lipinski definition) is 2. The van der Waals surface area contributed by atoms with Crippen molar-refractivity contribution in [1.29, 1.82) is 0 Å². The summed E-state index contributed by atoms with van der Waals surface area (Å²) in [4.78, 5) is 12.6. The van der Waals surface area contributed by atoms with Gasteiger partial charge in [0.2, 0.25) is 0 Å². The summed E-state index contributed by atoms with van der Waals surface area (Å²) in [5.41, 5.74) is 5.67. The minimum atomic E-state index is -3.65. The molecular weight excluding hydrogens is 490 g/mol. The fourth-order valence-corrected chi connectivity index (χ4v) is 4.29. The molecule has 1 aliphatic heterocycles. The van der Waals surface area contributed by atoms with E-state index in [0.717, 1.165) is 24.0 Å². The van der Waals surface area contributed by atoms with E-state index in [4.69, 9.17) is 20.5 Å². The van der Waals surface area contributed by atoms with Crippen LogP contribution in [0, 0.1) is 0 Å². The molecule has 0 saturated heterocycles. The average Bonchev–Trinajstić information content (AvgIpc) is 3.08. The van der Waals surface area contributed by atoms with Crippen LogP contribution in [0.3, 0.4) is 0 Å². The van der Waals surface area contributed by atoms with Crippen LogP contribution in [0.5, 0.6) is 11.5 Å². The molecule has 1 heterocycles. The van der Waals surface area contributed by atoms with Crippen molar-refractivity contribution in [3.8, 4) is 11.5 Å². The van der Waals surface area contributed by atoms with E-state index in [1.807, 2.05) is 26.0 Å². The van der Waals surface area contributed by atoms with Crippen molar-refractivity contribution in [3.05, 3.63) is 88.4 Å². The maximum atomic E-state index is 12.6. The Balaban J connectivity index is 1.54. The molecule has 182 valence electrons. The maximum absolute atomic E-state index is 12.6. The third-order valence-electron chi connectivity index (χ3n) is 5.08. The Kier molecular flexibility index (Phi) is 6.73. The number of nitrogens with zero attached hydrogens (tertiary/aromatic N) is 1. The van der Waals surface area contributed by atoms with Crippen molar-refractivity contribution < 1.29 is 22.1 Å². The summed E-state index contributed by atoms with van der Waals surface area (Å²) in [6.07, 6.45) is 1.72. The lowest BCUT2D eigenvalue weighted by Crippen LogP contribution is -2.26. The number of carbonyl (C=O) groups is 1. The Labute approximate surface area is 209 Å². The summed E-state index contributed by atoms with van der Waals surface area (Å²) >= 11 is 6.02. The van der Waals surface area contributed by atoms with Crippen LogP contribution < -0.4 is 19.7 Å². The zero-order valence-corrected chi connectivity index (χ0v) is 20.9. The molecular formula is C25H24ClN3O5S. The Morgan fingerprint density at radius 3 is 2.29 bits per heavy atom. The van der Waals surface area contributed by atoms with E-state index < -0.39 is 16.1 Å². The second-order valence-corrected chi connectivity index (χ2v) is 10.7. The van der Waals surface area contributed by atoms with Gasteiger partial charge in [0.05, 0.1) is 12.0 Å². The van der Waals surface area contributed by atoms with Gasteiger partial charge in [-0.25, -0.2) is 10.2 Å². The minimum Gasteiger partial charge on any atom is -0.487 e. The monoisotopic (exact) mass is 513 g/mol. The fraction of sp³-hybridized carbons (Fsp3) is 0.200. The molecule has 1 aliphatic rings. The highest BCUT2D eigenvalue weighted by Crippen LogP contribution is 2.36. The third kappa shape index (κ3) is 6.52. The Bertz CT molecular complexity index is 1390. The number of amides is 2. The lowest BCUT2D eigenvalue weighted by Gasteiger charge is -2.16. The van der Waals surface area contributed by atoms with Crippen molar-refractivity contribution >= 4 is 39.1 Å². The Morgan fingerprint density at radius 1 is 1.03 bits per heavy atom. The zero-order chi connectivity index (χ0) is 25.2. The van der Waals surface area contributed by atoms with E-state index in [1.165, 1.54) is 12.1 Å². The van der Waals surface area contributed by atoms with Gasteiger partial charge in [-0.15, -0.1) is 0 Å². The molecule has 0 bridgehead atoms. The van der Waals surface area contributed by atoms with Crippen molar-refractivity contribution in [2.24, 2.45) is 5.10 Å². The number of hydrogen-bond acceptors (Lipinski definition) is 6. The minimum absolute atomic E-state index is 0.168. The lowest BCUT2D eigenvalue weighted by atomic mass is 10.0. The van der Waals surface area contributed by atoms with Gasteiger partial charge >= 0.3 is 16.1 Å². The van der Waals surface area contributed by atoms with E-state index in [9.17, 15) is 13.2 Å². The van der Waals surface area contributed by atoms with Crippen molar-refractivity contribution in [1.82, 2.24) is 5.43 Å². The molecule has 4 rings (SSSR count). The summed E-state index contributed by atoms with van der Waals surface area (Å²) in [5, 5.41) is 7.65. The van der Waals surface area contributed by atoms with Gasteiger partial charge < -0.3 is 14.2 Å². The van der Waals surface area contributed by atoms with Crippen LogP contribution in [0.25, 0.3) is 0 Å². The number of urea groups is 1. The molecule has 3 aromatic rings. The highest BCUT2D eigenvalue weighted by Gasteiger charge is 2.30. The van der Waals surface area contributed by atoms with Crippen LogP contribution in [-0.2, 0) is 16.5 Å². The normalized spacial score (nSPS) is 14.6. The quantitative estimate of drug-likeness (QED) is 0.275. The molecule has 0 fully saturated rings. The smallest absolute Gasteiger partial charge is 0.339 e. The Hall–Kier alpha value is -3.56. The van der Waals surface area contributed by atoms with Gasteiger partial charge in [0.15, 0.2) is 0 Å². The zero-order valence-electron chi connectivity index (χ0n) is 19.3. The molecule has 2 amide bonds. The Morgan fingerprint density at radius 2 is 1.66 bits per heavy atom. The van der Waals surface area contributed by atoms with Gasteiger partial charge in [-0.3, -0.25) is 0 Å². The standard InChI is InChI=1S/C25H24ClN3O5S/c1-25(2)15-18-14-20(10-13-22(18)33-25)27-24(30)29-28-23(16-4-8-19(26)9-5-16)17-6-11-21(12-7-17)34-35(3,31)32/h4-14H,15H2,1-3H3,(H2,27,29,30)/b28-23+. The third-order valence-corrected chi connectivity index (χ3v) is 5.83. The van der Waals surface area contributed by atoms with E-state index in [2.05, 4.69) is 15.8 Å². The summed E-state index contributed by atoms with van der Waals surface area (Å²) in [5.74, 6) is 0.980. The molecule has 0 spiro atoms. The maximum Gasteiger partial charge on any atom is 0.339 e. The van der Waals surface area contributed by atoms with E-state index in [0.29, 0.717) is 27.5 Å². The lowest BCUT2D eigenvalue weighted by molar-refractivity contribution is 0.138. The number of ether oxygens (including phenoxy) is 1. The number of fused-ring (bicyclic) bond motifs is 1. The first-order chi connectivity index (χ1) is 16.5. The van der Waals surface area contributed by atoms with Crippen molar-refractivity contribution in [3.63, 3.8) is 0 Å². The van der Waals surface area contributed by atoms with Crippen LogP contribution in [0.2, 0.25) is 5.02 Å². The van der Waals surface area contributed by atoms with Gasteiger partial charge in [-0.2, -0.15) is 13.5 Å². The number of hydrazone groups is 1. The topological polar surface area (TPSA) is 106 Å². The van der Waals surface area contributed by atoms with E-state index in [1.54, 1.807) is 42.5 Å². The predicted molar refractivity (Wildman–Crippen MR) is 136 cm³/mol. The number of anilines is 1.